The number of ether oxygens (including phenoxy) is 2. The molecule has 8 nitrogen and oxygen atoms in total. The van der Waals surface area contributed by atoms with Gasteiger partial charge in [-0.1, -0.05) is 44.2 Å². The third-order valence-electron chi connectivity index (χ3n) is 6.23. The Labute approximate surface area is 206 Å². The highest BCUT2D eigenvalue weighted by molar-refractivity contribution is 7.85. The summed E-state index contributed by atoms with van der Waals surface area (Å²) in [7, 11) is -2.70. The zero-order valence-electron chi connectivity index (χ0n) is 20.1. The predicted octanol–water partition coefficient (Wildman–Crippen LogP) is 4.13. The molecule has 1 aliphatic heterocycles. The van der Waals surface area contributed by atoms with Gasteiger partial charge < -0.3 is 9.47 Å². The van der Waals surface area contributed by atoms with E-state index in [4.69, 9.17) is 9.47 Å². The van der Waals surface area contributed by atoms with Crippen LogP contribution in [0, 0.1) is 5.41 Å². The molecule has 1 N–H and O–H groups in total. The van der Waals surface area contributed by atoms with Crippen LogP contribution in [0.5, 0.6) is 5.75 Å². The zero-order valence-corrected chi connectivity index (χ0v) is 21.0. The number of methoxy groups -OCH3 is 1. The van der Waals surface area contributed by atoms with Crippen molar-refractivity contribution in [1.82, 2.24) is 4.90 Å². The Morgan fingerprint density at radius 2 is 1.63 bits per heavy atom. The van der Waals surface area contributed by atoms with Gasteiger partial charge in [-0.2, -0.15) is 8.42 Å². The number of carbonyl (C=O) groups excluding carboxylic acids is 2. The van der Waals surface area contributed by atoms with E-state index in [0.717, 1.165) is 16.2 Å². The van der Waals surface area contributed by atoms with E-state index in [2.05, 4.69) is 6.58 Å². The summed E-state index contributed by atoms with van der Waals surface area (Å²) in [5, 5.41) is 0. The first-order chi connectivity index (χ1) is 16.5. The van der Waals surface area contributed by atoms with Crippen LogP contribution in [0.3, 0.4) is 0 Å². The van der Waals surface area contributed by atoms with Crippen molar-refractivity contribution >= 4 is 21.9 Å². The first-order valence-corrected chi connectivity index (χ1v) is 12.9. The van der Waals surface area contributed by atoms with Crippen molar-refractivity contribution in [1.29, 1.82) is 0 Å². The molecule has 0 saturated carbocycles. The van der Waals surface area contributed by atoms with Crippen LogP contribution in [0.15, 0.2) is 61.2 Å². The van der Waals surface area contributed by atoms with Gasteiger partial charge in [0.2, 0.25) is 0 Å². The lowest BCUT2D eigenvalue weighted by Gasteiger charge is -2.38. The summed E-state index contributed by atoms with van der Waals surface area (Å²) in [5.74, 6) is -0.795. The van der Waals surface area contributed by atoms with Gasteiger partial charge >= 0.3 is 0 Å². The Bertz CT molecular complexity index is 1150. The molecule has 3 rings (SSSR count). The topological polar surface area (TPSA) is 110 Å². The third kappa shape index (κ3) is 6.36. The maximum Gasteiger partial charge on any atom is 0.264 e. The Hall–Kier alpha value is -3.01. The molecular formula is C26H31NO7S. The van der Waals surface area contributed by atoms with Gasteiger partial charge in [0.1, 0.15) is 5.75 Å². The summed E-state index contributed by atoms with van der Waals surface area (Å²) in [5.41, 5.74) is 0.857. The number of fused-ring (bicyclic) bond motifs is 1. The van der Waals surface area contributed by atoms with E-state index in [1.54, 1.807) is 37.5 Å². The summed E-state index contributed by atoms with van der Waals surface area (Å²) in [6, 6.07) is 13.2. The average molecular weight is 502 g/mol. The average Bonchev–Trinajstić information content (AvgIpc) is 3.07. The number of nitrogens with zero attached hydrogens (tertiary/aromatic N) is 1. The number of imide groups is 1. The van der Waals surface area contributed by atoms with E-state index >= 15 is 0 Å². The van der Waals surface area contributed by atoms with Crippen molar-refractivity contribution in [3.63, 3.8) is 0 Å². The van der Waals surface area contributed by atoms with Gasteiger partial charge in [-0.25, -0.2) is 0 Å². The zero-order chi connectivity index (χ0) is 25.8. The monoisotopic (exact) mass is 501 g/mol. The molecule has 0 fully saturated rings. The van der Waals surface area contributed by atoms with Crippen LogP contribution in [0.1, 0.15) is 53.0 Å². The van der Waals surface area contributed by atoms with E-state index in [9.17, 15) is 22.6 Å². The molecular weight excluding hydrogens is 470 g/mol. The highest BCUT2D eigenvalue weighted by Gasteiger charge is 2.43. The second-order valence-corrected chi connectivity index (χ2v) is 10.8. The van der Waals surface area contributed by atoms with E-state index in [-0.39, 0.29) is 24.0 Å². The predicted molar refractivity (Wildman–Crippen MR) is 132 cm³/mol. The fraction of sp³-hybridized carbons (Fsp3) is 0.385. The second kappa shape index (κ2) is 10.7. The number of carbonyl (C=O) groups is 2. The standard InChI is InChI=1S/C26H31NO7S/c1-5-23(34-17-18-10-12-20(33-4)13-11-18)26(2,3)16-19(14-15-35(30,31)32)27-24(28)21-8-6-7-9-22(21)25(27)29/h5-13,19,23H,1,14-17H2,2-4H3,(H,30,31,32)/t19?,23-/m0/s1. The molecule has 2 aromatic carbocycles. The molecule has 2 amide bonds. The van der Waals surface area contributed by atoms with Crippen molar-refractivity contribution in [2.45, 2.75) is 45.4 Å². The van der Waals surface area contributed by atoms with Gasteiger partial charge in [0.15, 0.2) is 0 Å². The minimum absolute atomic E-state index is 0.101. The second-order valence-electron chi connectivity index (χ2n) is 9.26. The Kier molecular flexibility index (Phi) is 8.15. The van der Waals surface area contributed by atoms with Gasteiger partial charge in [-0.05, 0) is 48.1 Å². The molecule has 1 heterocycles. The minimum Gasteiger partial charge on any atom is -0.497 e. The SMILES string of the molecule is C=C[C@H](OCc1ccc(OC)cc1)C(C)(C)CC(CCS(=O)(=O)O)N1C(=O)c2ccccc2C1=O. The van der Waals surface area contributed by atoms with Crippen molar-refractivity contribution in [3.8, 4) is 5.75 Å². The Balaban J connectivity index is 1.81. The number of benzene rings is 2. The largest absolute Gasteiger partial charge is 0.497 e. The molecule has 1 unspecified atom stereocenters. The van der Waals surface area contributed by atoms with Gasteiger partial charge in [0.25, 0.3) is 21.9 Å². The molecule has 0 saturated heterocycles. The van der Waals surface area contributed by atoms with Crippen LogP contribution in [0.4, 0.5) is 0 Å². The Morgan fingerprint density at radius 1 is 1.06 bits per heavy atom. The van der Waals surface area contributed by atoms with Crippen LogP contribution in [-0.4, -0.2) is 54.7 Å². The summed E-state index contributed by atoms with van der Waals surface area (Å²) in [6.07, 6.45) is 1.34. The molecule has 0 spiro atoms. The molecule has 1 aliphatic rings. The molecule has 0 aromatic heterocycles. The van der Waals surface area contributed by atoms with Crippen LogP contribution in [0.2, 0.25) is 0 Å². The summed E-state index contributed by atoms with van der Waals surface area (Å²) in [6.45, 7) is 8.01. The molecule has 188 valence electrons. The molecule has 0 bridgehead atoms. The number of rotatable bonds is 12. The molecule has 0 radical (unpaired) electrons. The number of hydrogen-bond acceptors (Lipinski definition) is 6. The molecule has 0 aliphatic carbocycles. The maximum absolute atomic E-state index is 13.1. The van der Waals surface area contributed by atoms with E-state index < -0.39 is 45.2 Å². The molecule has 35 heavy (non-hydrogen) atoms. The van der Waals surface area contributed by atoms with Crippen molar-refractivity contribution in [2.24, 2.45) is 5.41 Å². The fourth-order valence-corrected chi connectivity index (χ4v) is 4.96. The minimum atomic E-state index is -4.30. The van der Waals surface area contributed by atoms with Crippen molar-refractivity contribution < 1.29 is 32.0 Å². The lowest BCUT2D eigenvalue weighted by molar-refractivity contribution is -0.0177. The summed E-state index contributed by atoms with van der Waals surface area (Å²) >= 11 is 0. The highest BCUT2D eigenvalue weighted by Crippen LogP contribution is 2.36. The Morgan fingerprint density at radius 3 is 2.11 bits per heavy atom. The van der Waals surface area contributed by atoms with Crippen LogP contribution in [-0.2, 0) is 21.5 Å². The summed E-state index contributed by atoms with van der Waals surface area (Å²) < 4.78 is 43.7. The first kappa shape index (κ1) is 26.6. The van der Waals surface area contributed by atoms with E-state index in [0.29, 0.717) is 6.61 Å². The molecule has 9 heteroatoms. The van der Waals surface area contributed by atoms with Crippen molar-refractivity contribution in [3.05, 3.63) is 77.9 Å². The fourth-order valence-electron chi connectivity index (χ4n) is 4.39. The molecule has 2 aromatic rings. The molecule has 2 atom stereocenters. The maximum atomic E-state index is 13.1. The van der Waals surface area contributed by atoms with E-state index in [1.165, 1.54) is 0 Å². The van der Waals surface area contributed by atoms with Gasteiger partial charge in [0.05, 0.1) is 36.7 Å². The van der Waals surface area contributed by atoms with Crippen LogP contribution < -0.4 is 4.74 Å². The highest BCUT2D eigenvalue weighted by atomic mass is 32.2. The lowest BCUT2D eigenvalue weighted by atomic mass is 9.79. The van der Waals surface area contributed by atoms with Gasteiger partial charge in [-0.15, -0.1) is 6.58 Å². The normalized spacial score (nSPS) is 15.6. The number of hydrogen-bond donors (Lipinski definition) is 1. The quantitative estimate of drug-likeness (QED) is 0.265. The first-order valence-electron chi connectivity index (χ1n) is 11.3. The number of amides is 2. The lowest BCUT2D eigenvalue weighted by Crippen LogP contribution is -2.45. The summed E-state index contributed by atoms with van der Waals surface area (Å²) in [4.78, 5) is 27.3. The van der Waals surface area contributed by atoms with E-state index in [1.807, 2.05) is 38.1 Å². The van der Waals surface area contributed by atoms with Gasteiger partial charge in [0, 0.05) is 6.04 Å². The van der Waals surface area contributed by atoms with Crippen LogP contribution in [0.25, 0.3) is 0 Å². The van der Waals surface area contributed by atoms with Gasteiger partial charge in [-0.3, -0.25) is 19.0 Å². The van der Waals surface area contributed by atoms with Crippen molar-refractivity contribution in [2.75, 3.05) is 12.9 Å². The smallest absolute Gasteiger partial charge is 0.264 e. The van der Waals surface area contributed by atoms with Crippen LogP contribution >= 0.6 is 0 Å². The third-order valence-corrected chi connectivity index (χ3v) is 6.99.